The van der Waals surface area contributed by atoms with Gasteiger partial charge in [-0.1, -0.05) is 66.6 Å². The fraction of sp³-hybridized carbons (Fsp3) is 0.300. The SMILES string of the molecule is ON(Cc1ccccc1)C(C#CCCCCCl)c1ccccc1. The third-order valence-corrected chi connectivity index (χ3v) is 3.79. The largest absolute Gasteiger partial charge is 0.312 e. The van der Waals surface area contributed by atoms with Crippen LogP contribution in [0.5, 0.6) is 0 Å². The Kier molecular flexibility index (Phi) is 7.69. The van der Waals surface area contributed by atoms with Crippen molar-refractivity contribution < 1.29 is 5.21 Å². The molecule has 0 aliphatic heterocycles. The van der Waals surface area contributed by atoms with Gasteiger partial charge in [-0.2, -0.15) is 5.06 Å². The molecule has 2 rings (SSSR count). The van der Waals surface area contributed by atoms with Crippen molar-refractivity contribution in [3.05, 3.63) is 71.8 Å². The van der Waals surface area contributed by atoms with E-state index in [1.165, 1.54) is 5.06 Å². The Labute approximate surface area is 143 Å². The van der Waals surface area contributed by atoms with E-state index in [9.17, 15) is 5.21 Å². The molecule has 0 radical (unpaired) electrons. The highest BCUT2D eigenvalue weighted by molar-refractivity contribution is 6.17. The predicted molar refractivity (Wildman–Crippen MR) is 95.3 cm³/mol. The summed E-state index contributed by atoms with van der Waals surface area (Å²) in [5.41, 5.74) is 2.05. The van der Waals surface area contributed by atoms with Crippen molar-refractivity contribution >= 4 is 11.6 Å². The molecule has 0 bridgehead atoms. The molecule has 0 saturated heterocycles. The lowest BCUT2D eigenvalue weighted by molar-refractivity contribution is -0.121. The topological polar surface area (TPSA) is 23.5 Å². The maximum atomic E-state index is 10.5. The van der Waals surface area contributed by atoms with Crippen LogP contribution in [0.15, 0.2) is 60.7 Å². The van der Waals surface area contributed by atoms with Crippen molar-refractivity contribution in [2.24, 2.45) is 0 Å². The van der Waals surface area contributed by atoms with Gasteiger partial charge in [-0.15, -0.1) is 17.5 Å². The average Bonchev–Trinajstić information content (AvgIpc) is 2.59. The summed E-state index contributed by atoms with van der Waals surface area (Å²) in [5.74, 6) is 7.04. The standard InChI is InChI=1S/C20H22ClNO/c21-16-10-2-1-9-15-20(19-13-7-4-8-14-19)22(23)17-18-11-5-3-6-12-18/h3-8,11-14,20,23H,1-2,10,16-17H2. The smallest absolute Gasteiger partial charge is 0.121 e. The monoisotopic (exact) mass is 327 g/mol. The van der Waals surface area contributed by atoms with Crippen molar-refractivity contribution in [1.29, 1.82) is 0 Å². The van der Waals surface area contributed by atoms with E-state index in [1.807, 2.05) is 60.7 Å². The van der Waals surface area contributed by atoms with E-state index < -0.39 is 0 Å². The zero-order chi connectivity index (χ0) is 16.3. The van der Waals surface area contributed by atoms with E-state index in [0.717, 1.165) is 30.4 Å². The van der Waals surface area contributed by atoms with Gasteiger partial charge >= 0.3 is 0 Å². The molecule has 1 N–H and O–H groups in total. The van der Waals surface area contributed by atoms with Crippen molar-refractivity contribution in [2.75, 3.05) is 5.88 Å². The molecule has 0 spiro atoms. The summed E-state index contributed by atoms with van der Waals surface area (Å²) < 4.78 is 0. The van der Waals surface area contributed by atoms with Gasteiger partial charge in [0.25, 0.3) is 0 Å². The Morgan fingerprint density at radius 2 is 1.61 bits per heavy atom. The van der Waals surface area contributed by atoms with Crippen molar-refractivity contribution in [1.82, 2.24) is 5.06 Å². The highest BCUT2D eigenvalue weighted by Crippen LogP contribution is 2.20. The van der Waals surface area contributed by atoms with Crippen LogP contribution >= 0.6 is 11.6 Å². The summed E-state index contributed by atoms with van der Waals surface area (Å²) in [6, 6.07) is 19.5. The number of benzene rings is 2. The van der Waals surface area contributed by atoms with E-state index in [0.29, 0.717) is 12.4 Å². The quantitative estimate of drug-likeness (QED) is 0.333. The molecule has 2 nitrogen and oxygen atoms in total. The first-order valence-corrected chi connectivity index (χ1v) is 8.43. The van der Waals surface area contributed by atoms with Crippen molar-refractivity contribution in [3.63, 3.8) is 0 Å². The van der Waals surface area contributed by atoms with Crippen LogP contribution in [-0.2, 0) is 6.54 Å². The molecule has 3 heteroatoms. The van der Waals surface area contributed by atoms with E-state index >= 15 is 0 Å². The van der Waals surface area contributed by atoms with E-state index in [2.05, 4.69) is 11.8 Å². The van der Waals surface area contributed by atoms with Crippen LogP contribution in [0, 0.1) is 11.8 Å². The molecule has 0 aliphatic carbocycles. The third kappa shape index (κ3) is 6.08. The Bertz CT molecular complexity index is 618. The van der Waals surface area contributed by atoms with E-state index in [-0.39, 0.29) is 6.04 Å². The maximum absolute atomic E-state index is 10.5. The minimum absolute atomic E-state index is 0.326. The first-order valence-electron chi connectivity index (χ1n) is 7.90. The van der Waals surface area contributed by atoms with E-state index in [1.54, 1.807) is 0 Å². The summed E-state index contributed by atoms with van der Waals surface area (Å²) >= 11 is 5.68. The molecular weight excluding hydrogens is 306 g/mol. The van der Waals surface area contributed by atoms with Gasteiger partial charge in [-0.05, 0) is 24.0 Å². The lowest BCUT2D eigenvalue weighted by Gasteiger charge is -2.22. The van der Waals surface area contributed by atoms with Gasteiger partial charge in [0.05, 0.1) is 6.54 Å². The zero-order valence-electron chi connectivity index (χ0n) is 13.2. The number of unbranched alkanes of at least 4 members (excludes halogenated alkanes) is 2. The van der Waals surface area contributed by atoms with Crippen LogP contribution in [-0.4, -0.2) is 16.2 Å². The molecule has 1 unspecified atom stereocenters. The van der Waals surface area contributed by atoms with Crippen LogP contribution in [0.2, 0.25) is 0 Å². The molecule has 2 aromatic carbocycles. The highest BCUT2D eigenvalue weighted by Gasteiger charge is 2.16. The summed E-state index contributed by atoms with van der Waals surface area (Å²) in [4.78, 5) is 0. The predicted octanol–water partition coefficient (Wildman–Crippen LogP) is 5.03. The van der Waals surface area contributed by atoms with Gasteiger partial charge in [0.1, 0.15) is 6.04 Å². The Hall–Kier alpha value is -1.79. The summed E-state index contributed by atoms with van der Waals surface area (Å²) in [6.45, 7) is 0.441. The summed E-state index contributed by atoms with van der Waals surface area (Å²) in [6.07, 6.45) is 2.76. The molecule has 120 valence electrons. The third-order valence-electron chi connectivity index (χ3n) is 3.52. The first kappa shape index (κ1) is 17.6. The number of nitrogens with zero attached hydrogens (tertiary/aromatic N) is 1. The van der Waals surface area contributed by atoms with Gasteiger partial charge in [-0.3, -0.25) is 0 Å². The number of halogens is 1. The molecule has 2 aromatic rings. The number of hydrogen-bond donors (Lipinski definition) is 1. The second kappa shape index (κ2) is 10.1. The normalized spacial score (nSPS) is 11.8. The van der Waals surface area contributed by atoms with Gasteiger partial charge < -0.3 is 5.21 Å². The van der Waals surface area contributed by atoms with E-state index in [4.69, 9.17) is 11.6 Å². The molecule has 0 saturated carbocycles. The molecule has 0 heterocycles. The number of hydrogen-bond acceptors (Lipinski definition) is 2. The maximum Gasteiger partial charge on any atom is 0.121 e. The lowest BCUT2D eigenvalue weighted by atomic mass is 10.1. The summed E-state index contributed by atoms with van der Waals surface area (Å²) in [7, 11) is 0. The van der Waals surface area contributed by atoms with Gasteiger partial charge in [-0.25, -0.2) is 0 Å². The minimum atomic E-state index is -0.326. The summed E-state index contributed by atoms with van der Waals surface area (Å²) in [5, 5.41) is 11.8. The van der Waals surface area contributed by atoms with Gasteiger partial charge in [0.15, 0.2) is 0 Å². The zero-order valence-corrected chi connectivity index (χ0v) is 13.9. The second-order valence-electron chi connectivity index (χ2n) is 5.36. The van der Waals surface area contributed by atoms with Crippen LogP contribution in [0.25, 0.3) is 0 Å². The first-order chi connectivity index (χ1) is 11.3. The van der Waals surface area contributed by atoms with Crippen LogP contribution in [0.4, 0.5) is 0 Å². The van der Waals surface area contributed by atoms with Gasteiger partial charge in [0, 0.05) is 12.3 Å². The fourth-order valence-corrected chi connectivity index (χ4v) is 2.49. The molecule has 0 aromatic heterocycles. The molecule has 0 amide bonds. The van der Waals surface area contributed by atoms with Gasteiger partial charge in [0.2, 0.25) is 0 Å². The Morgan fingerprint density at radius 1 is 0.957 bits per heavy atom. The van der Waals surface area contributed by atoms with Crippen LogP contribution in [0.3, 0.4) is 0 Å². The number of alkyl halides is 1. The molecule has 1 atom stereocenters. The number of rotatable bonds is 7. The lowest BCUT2D eigenvalue weighted by Crippen LogP contribution is -2.23. The highest BCUT2D eigenvalue weighted by atomic mass is 35.5. The molecule has 23 heavy (non-hydrogen) atoms. The van der Waals surface area contributed by atoms with Crippen LogP contribution in [0.1, 0.15) is 36.4 Å². The van der Waals surface area contributed by atoms with Crippen LogP contribution < -0.4 is 0 Å². The fourth-order valence-electron chi connectivity index (χ4n) is 2.30. The van der Waals surface area contributed by atoms with Crippen molar-refractivity contribution in [3.8, 4) is 11.8 Å². The Morgan fingerprint density at radius 3 is 2.26 bits per heavy atom. The Balaban J connectivity index is 2.09. The molecule has 0 fully saturated rings. The number of hydroxylamine groups is 2. The average molecular weight is 328 g/mol. The molecular formula is C20H22ClNO. The minimum Gasteiger partial charge on any atom is -0.312 e. The second-order valence-corrected chi connectivity index (χ2v) is 5.74. The van der Waals surface area contributed by atoms with Crippen molar-refractivity contribution in [2.45, 2.75) is 31.8 Å². The molecule has 0 aliphatic rings.